The summed E-state index contributed by atoms with van der Waals surface area (Å²) in [7, 11) is 2.09. The van der Waals surface area contributed by atoms with Crippen LogP contribution in [0.25, 0.3) is 0 Å². The number of hydrogen-bond donors (Lipinski definition) is 1. The van der Waals surface area contributed by atoms with Crippen molar-refractivity contribution in [2.75, 3.05) is 39.8 Å². The van der Waals surface area contributed by atoms with Gasteiger partial charge in [-0.15, -0.1) is 0 Å². The fourth-order valence-electron chi connectivity index (χ4n) is 3.09. The van der Waals surface area contributed by atoms with Crippen molar-refractivity contribution in [3.63, 3.8) is 0 Å². The Morgan fingerprint density at radius 2 is 1.77 bits per heavy atom. The lowest BCUT2D eigenvalue weighted by atomic mass is 10.0. The van der Waals surface area contributed by atoms with Crippen molar-refractivity contribution in [1.82, 2.24) is 9.80 Å². The van der Waals surface area contributed by atoms with Crippen LogP contribution in [-0.4, -0.2) is 60.5 Å². The molecule has 1 aliphatic heterocycles. The predicted molar refractivity (Wildman–Crippen MR) is 102 cm³/mol. The van der Waals surface area contributed by atoms with Crippen molar-refractivity contribution in [3.8, 4) is 11.5 Å². The minimum absolute atomic E-state index is 0.0229. The average molecular weight is 354 g/mol. The number of carbonyl (C=O) groups excluding carboxylic acids is 1. The second kappa shape index (κ2) is 8.34. The number of aromatic hydroxyl groups is 1. The van der Waals surface area contributed by atoms with E-state index in [-0.39, 0.29) is 11.5 Å². The Hall–Kier alpha value is -2.37. The van der Waals surface area contributed by atoms with Gasteiger partial charge in [-0.3, -0.25) is 9.69 Å². The Balaban J connectivity index is 1.65. The summed E-state index contributed by atoms with van der Waals surface area (Å²) in [6.45, 7) is 6.22. The maximum Gasteiger partial charge on any atom is 0.180 e. The minimum atomic E-state index is -0.0511. The van der Waals surface area contributed by atoms with Crippen LogP contribution in [0.2, 0.25) is 0 Å². The van der Waals surface area contributed by atoms with Gasteiger partial charge < -0.3 is 14.7 Å². The summed E-state index contributed by atoms with van der Waals surface area (Å²) in [5.74, 6) is 0.571. The molecule has 1 fully saturated rings. The maximum absolute atomic E-state index is 12.6. The third-order valence-electron chi connectivity index (χ3n) is 4.88. The minimum Gasteiger partial charge on any atom is -0.507 e. The van der Waals surface area contributed by atoms with Gasteiger partial charge in [0.2, 0.25) is 0 Å². The first-order valence-electron chi connectivity index (χ1n) is 8.98. The van der Waals surface area contributed by atoms with Crippen LogP contribution in [0.4, 0.5) is 0 Å². The van der Waals surface area contributed by atoms with E-state index in [1.165, 1.54) is 0 Å². The Bertz CT molecular complexity index is 753. The molecule has 0 aliphatic carbocycles. The highest BCUT2D eigenvalue weighted by molar-refractivity contribution is 6.00. The van der Waals surface area contributed by atoms with E-state index in [1.807, 2.05) is 30.3 Å². The van der Waals surface area contributed by atoms with Gasteiger partial charge in [0.1, 0.15) is 18.1 Å². The largest absolute Gasteiger partial charge is 0.507 e. The maximum atomic E-state index is 12.6. The van der Waals surface area contributed by atoms with Gasteiger partial charge in [0.15, 0.2) is 5.78 Å². The van der Waals surface area contributed by atoms with Gasteiger partial charge >= 0.3 is 0 Å². The molecule has 0 radical (unpaired) electrons. The van der Waals surface area contributed by atoms with Gasteiger partial charge in [0, 0.05) is 31.7 Å². The Morgan fingerprint density at radius 1 is 1.08 bits per heavy atom. The molecule has 0 unspecified atom stereocenters. The summed E-state index contributed by atoms with van der Waals surface area (Å²) < 4.78 is 5.81. The van der Waals surface area contributed by atoms with Crippen molar-refractivity contribution in [2.24, 2.45) is 0 Å². The molecule has 0 atom stereocenters. The number of ether oxygens (including phenoxy) is 1. The molecule has 138 valence electrons. The molecule has 0 bridgehead atoms. The Morgan fingerprint density at radius 3 is 2.46 bits per heavy atom. The zero-order chi connectivity index (χ0) is 18.5. The molecule has 1 heterocycles. The Kier molecular flexibility index (Phi) is 5.91. The second-order valence-corrected chi connectivity index (χ2v) is 6.86. The molecule has 0 saturated carbocycles. The smallest absolute Gasteiger partial charge is 0.180 e. The molecule has 0 spiro atoms. The standard InChI is InChI=1S/C21H26N2O3/c1-16-20(26-15-17-6-4-3-5-7-17)9-8-18(21(16)25)19(24)14-23-12-10-22(2)11-13-23/h3-9,25H,10-15H2,1-2H3. The van der Waals surface area contributed by atoms with E-state index in [9.17, 15) is 9.90 Å². The van der Waals surface area contributed by atoms with Crippen LogP contribution in [0.15, 0.2) is 42.5 Å². The van der Waals surface area contributed by atoms with Crippen LogP contribution in [0.1, 0.15) is 21.5 Å². The zero-order valence-corrected chi connectivity index (χ0v) is 15.4. The van der Waals surface area contributed by atoms with E-state index < -0.39 is 0 Å². The van der Waals surface area contributed by atoms with Crippen LogP contribution in [-0.2, 0) is 6.61 Å². The van der Waals surface area contributed by atoms with Crippen LogP contribution in [0.5, 0.6) is 11.5 Å². The quantitative estimate of drug-likeness (QED) is 0.809. The number of ketones is 1. The summed E-state index contributed by atoms with van der Waals surface area (Å²) in [6, 6.07) is 13.3. The molecular formula is C21H26N2O3. The topological polar surface area (TPSA) is 53.0 Å². The zero-order valence-electron chi connectivity index (χ0n) is 15.4. The first kappa shape index (κ1) is 18.4. The third-order valence-corrected chi connectivity index (χ3v) is 4.88. The molecule has 5 nitrogen and oxygen atoms in total. The molecule has 0 aromatic heterocycles. The van der Waals surface area contributed by atoms with E-state index in [2.05, 4.69) is 16.8 Å². The predicted octanol–water partition coefficient (Wildman–Crippen LogP) is 2.71. The first-order valence-corrected chi connectivity index (χ1v) is 8.98. The first-order chi connectivity index (χ1) is 12.5. The number of carbonyl (C=O) groups is 1. The number of phenols is 1. The van der Waals surface area contributed by atoms with Gasteiger partial charge in [-0.05, 0) is 31.7 Å². The van der Waals surface area contributed by atoms with Crippen molar-refractivity contribution >= 4 is 5.78 Å². The third kappa shape index (κ3) is 4.42. The van der Waals surface area contributed by atoms with Crippen LogP contribution >= 0.6 is 0 Å². The highest BCUT2D eigenvalue weighted by Crippen LogP contribution is 2.31. The summed E-state index contributed by atoms with van der Waals surface area (Å²) >= 11 is 0. The number of hydrogen-bond acceptors (Lipinski definition) is 5. The van der Waals surface area contributed by atoms with E-state index in [4.69, 9.17) is 4.74 Å². The summed E-state index contributed by atoms with van der Waals surface area (Å²) in [6.07, 6.45) is 0. The van der Waals surface area contributed by atoms with Crippen molar-refractivity contribution < 1.29 is 14.6 Å². The Labute approximate surface area is 154 Å². The lowest BCUT2D eigenvalue weighted by Gasteiger charge is -2.31. The number of Topliss-reactive ketones (excluding diaryl/α,β-unsaturated/α-hetero) is 1. The highest BCUT2D eigenvalue weighted by atomic mass is 16.5. The van der Waals surface area contributed by atoms with Gasteiger partial charge in [-0.1, -0.05) is 30.3 Å². The monoisotopic (exact) mass is 354 g/mol. The fraction of sp³-hybridized carbons (Fsp3) is 0.381. The molecule has 2 aromatic carbocycles. The lowest BCUT2D eigenvalue weighted by molar-refractivity contribution is 0.0873. The molecule has 1 aliphatic rings. The molecular weight excluding hydrogens is 328 g/mol. The van der Waals surface area contributed by atoms with E-state index in [1.54, 1.807) is 19.1 Å². The highest BCUT2D eigenvalue weighted by Gasteiger charge is 2.21. The fourth-order valence-corrected chi connectivity index (χ4v) is 3.09. The van der Waals surface area contributed by atoms with Gasteiger partial charge in [0.05, 0.1) is 12.1 Å². The number of phenolic OH excluding ortho intramolecular Hbond substituents is 1. The van der Waals surface area contributed by atoms with Crippen LogP contribution in [0, 0.1) is 6.92 Å². The molecule has 3 rings (SSSR count). The molecule has 1 N–H and O–H groups in total. The molecule has 26 heavy (non-hydrogen) atoms. The molecule has 5 heteroatoms. The number of rotatable bonds is 6. The lowest BCUT2D eigenvalue weighted by Crippen LogP contribution is -2.46. The van der Waals surface area contributed by atoms with Gasteiger partial charge in [0.25, 0.3) is 0 Å². The number of likely N-dealkylation sites (N-methyl/N-ethyl adjacent to an activating group) is 1. The number of benzene rings is 2. The van der Waals surface area contributed by atoms with E-state index in [0.29, 0.717) is 30.0 Å². The number of nitrogens with zero attached hydrogens (tertiary/aromatic N) is 2. The van der Waals surface area contributed by atoms with Crippen LogP contribution in [0.3, 0.4) is 0 Å². The van der Waals surface area contributed by atoms with Crippen molar-refractivity contribution in [1.29, 1.82) is 0 Å². The second-order valence-electron chi connectivity index (χ2n) is 6.86. The van der Waals surface area contributed by atoms with Crippen LogP contribution < -0.4 is 4.74 Å². The molecule has 2 aromatic rings. The summed E-state index contributed by atoms with van der Waals surface area (Å²) in [5.41, 5.74) is 2.03. The molecule has 0 amide bonds. The average Bonchev–Trinajstić information content (AvgIpc) is 2.65. The van der Waals surface area contributed by atoms with Gasteiger partial charge in [-0.25, -0.2) is 0 Å². The van der Waals surface area contributed by atoms with Crippen molar-refractivity contribution in [2.45, 2.75) is 13.5 Å². The summed E-state index contributed by atoms with van der Waals surface area (Å²) in [4.78, 5) is 17.0. The normalized spacial score (nSPS) is 15.8. The summed E-state index contributed by atoms with van der Waals surface area (Å²) in [5, 5.41) is 10.5. The number of piperazine rings is 1. The van der Waals surface area contributed by atoms with E-state index in [0.717, 1.165) is 31.7 Å². The van der Waals surface area contributed by atoms with Crippen molar-refractivity contribution in [3.05, 3.63) is 59.2 Å². The molecule has 1 saturated heterocycles. The SMILES string of the molecule is Cc1c(OCc2ccccc2)ccc(C(=O)CN2CCN(C)CC2)c1O. The van der Waals surface area contributed by atoms with E-state index >= 15 is 0 Å². The van der Waals surface area contributed by atoms with Gasteiger partial charge in [-0.2, -0.15) is 0 Å².